The minimum Gasteiger partial charge on any atom is -0.302 e. The standard InChI is InChI=1S/C14H15Cl2N3O4S/c1-8(9-4-5-10(15)11(16)6-9)17-24(22,23)12-7-18(2)14(21)19(3)13(12)20/h4-8,17H,1-3H3/t8-/m1/s1. The molecule has 0 amide bonds. The molecule has 0 aliphatic rings. The van der Waals surface area contributed by atoms with Crippen LogP contribution in [0.5, 0.6) is 0 Å². The molecule has 2 rings (SSSR count). The van der Waals surface area contributed by atoms with Gasteiger partial charge in [-0.2, -0.15) is 0 Å². The molecule has 130 valence electrons. The quantitative estimate of drug-likeness (QED) is 0.853. The minimum absolute atomic E-state index is 0.290. The van der Waals surface area contributed by atoms with Crippen molar-refractivity contribution >= 4 is 33.2 Å². The predicted octanol–water partition coefficient (Wildman–Crippen LogP) is 1.43. The molecule has 1 N–H and O–H groups in total. The van der Waals surface area contributed by atoms with E-state index in [1.807, 2.05) is 0 Å². The summed E-state index contributed by atoms with van der Waals surface area (Å²) >= 11 is 11.8. The van der Waals surface area contributed by atoms with Crippen molar-refractivity contribution in [1.82, 2.24) is 13.9 Å². The fourth-order valence-corrected chi connectivity index (χ4v) is 3.80. The minimum atomic E-state index is -4.14. The van der Waals surface area contributed by atoms with Crippen LogP contribution < -0.4 is 16.0 Å². The summed E-state index contributed by atoms with van der Waals surface area (Å²) in [5.74, 6) is 0. The maximum atomic E-state index is 12.5. The van der Waals surface area contributed by atoms with Gasteiger partial charge in [-0.1, -0.05) is 29.3 Å². The van der Waals surface area contributed by atoms with Crippen molar-refractivity contribution in [3.8, 4) is 0 Å². The van der Waals surface area contributed by atoms with Gasteiger partial charge in [-0.15, -0.1) is 0 Å². The zero-order valence-electron chi connectivity index (χ0n) is 13.1. The largest absolute Gasteiger partial charge is 0.330 e. The van der Waals surface area contributed by atoms with Crippen LogP contribution in [0.15, 0.2) is 38.9 Å². The summed E-state index contributed by atoms with van der Waals surface area (Å²) in [6.07, 6.45) is 0.995. The molecule has 0 radical (unpaired) electrons. The van der Waals surface area contributed by atoms with E-state index in [9.17, 15) is 18.0 Å². The zero-order chi connectivity index (χ0) is 18.2. The van der Waals surface area contributed by atoms with Crippen LogP contribution in [0.1, 0.15) is 18.5 Å². The molecule has 0 saturated heterocycles. The molecule has 10 heteroatoms. The summed E-state index contributed by atoms with van der Waals surface area (Å²) < 4.78 is 29.2. The Bertz CT molecular complexity index is 1010. The maximum absolute atomic E-state index is 12.5. The van der Waals surface area contributed by atoms with Crippen molar-refractivity contribution in [2.45, 2.75) is 17.9 Å². The molecule has 1 atom stereocenters. The lowest BCUT2D eigenvalue weighted by molar-refractivity contribution is 0.557. The molecule has 0 unspecified atom stereocenters. The number of nitrogens with zero attached hydrogens (tertiary/aromatic N) is 2. The van der Waals surface area contributed by atoms with Crippen molar-refractivity contribution in [2.24, 2.45) is 14.1 Å². The molecular weight excluding hydrogens is 377 g/mol. The van der Waals surface area contributed by atoms with Crippen LogP contribution in [0.25, 0.3) is 0 Å². The molecule has 0 aliphatic heterocycles. The monoisotopic (exact) mass is 391 g/mol. The summed E-state index contributed by atoms with van der Waals surface area (Å²) in [7, 11) is -1.56. The molecule has 1 heterocycles. The molecule has 2 aromatic rings. The predicted molar refractivity (Wildman–Crippen MR) is 92.1 cm³/mol. The highest BCUT2D eigenvalue weighted by atomic mass is 35.5. The summed E-state index contributed by atoms with van der Waals surface area (Å²) in [6.45, 7) is 1.60. The summed E-state index contributed by atoms with van der Waals surface area (Å²) in [4.78, 5) is 23.2. The lowest BCUT2D eigenvalue weighted by Gasteiger charge is -2.15. The van der Waals surface area contributed by atoms with Crippen molar-refractivity contribution in [2.75, 3.05) is 0 Å². The van der Waals surface area contributed by atoms with Crippen LogP contribution in [-0.2, 0) is 24.1 Å². The molecule has 7 nitrogen and oxygen atoms in total. The van der Waals surface area contributed by atoms with Crippen LogP contribution in [0.3, 0.4) is 0 Å². The van der Waals surface area contributed by atoms with Crippen molar-refractivity contribution in [3.63, 3.8) is 0 Å². The Labute approximate surface area is 148 Å². The van der Waals surface area contributed by atoms with Crippen LogP contribution in [0.2, 0.25) is 10.0 Å². The number of sulfonamides is 1. The fourth-order valence-electron chi connectivity index (χ4n) is 2.11. The molecule has 1 aromatic carbocycles. The Balaban J connectivity index is 2.43. The normalized spacial score (nSPS) is 13.0. The average molecular weight is 392 g/mol. The molecule has 0 saturated carbocycles. The van der Waals surface area contributed by atoms with Gasteiger partial charge >= 0.3 is 5.69 Å². The third-order valence-electron chi connectivity index (χ3n) is 3.48. The topological polar surface area (TPSA) is 90.2 Å². The number of halogens is 2. The number of benzene rings is 1. The van der Waals surface area contributed by atoms with Gasteiger partial charge in [0.15, 0.2) is 4.90 Å². The van der Waals surface area contributed by atoms with Crippen molar-refractivity contribution < 1.29 is 8.42 Å². The van der Waals surface area contributed by atoms with Gasteiger partial charge in [0, 0.05) is 26.3 Å². The number of aromatic nitrogens is 2. The first-order valence-electron chi connectivity index (χ1n) is 6.78. The van der Waals surface area contributed by atoms with E-state index in [2.05, 4.69) is 4.72 Å². The van der Waals surface area contributed by atoms with Crippen LogP contribution in [-0.4, -0.2) is 17.6 Å². The summed E-state index contributed by atoms with van der Waals surface area (Å²) in [5, 5.41) is 0.639. The van der Waals surface area contributed by atoms with Gasteiger partial charge in [0.25, 0.3) is 5.56 Å². The highest BCUT2D eigenvalue weighted by Crippen LogP contribution is 2.26. The number of aryl methyl sites for hydroxylation is 1. The molecule has 0 fully saturated rings. The van der Waals surface area contributed by atoms with Crippen LogP contribution in [0.4, 0.5) is 0 Å². The van der Waals surface area contributed by atoms with E-state index < -0.39 is 32.2 Å². The first-order valence-corrected chi connectivity index (χ1v) is 9.02. The fraction of sp³-hybridized carbons (Fsp3) is 0.286. The van der Waals surface area contributed by atoms with Gasteiger partial charge in [-0.25, -0.2) is 17.9 Å². The van der Waals surface area contributed by atoms with Gasteiger partial charge in [-0.05, 0) is 24.6 Å². The first kappa shape index (κ1) is 18.7. The van der Waals surface area contributed by atoms with Crippen molar-refractivity contribution in [1.29, 1.82) is 0 Å². The number of nitrogens with one attached hydrogen (secondary N) is 1. The second-order valence-corrected chi connectivity index (χ2v) is 7.76. The van der Waals surface area contributed by atoms with E-state index in [0.29, 0.717) is 15.6 Å². The van der Waals surface area contributed by atoms with Gasteiger partial charge in [0.1, 0.15) is 0 Å². The lowest BCUT2D eigenvalue weighted by Crippen LogP contribution is -2.41. The van der Waals surface area contributed by atoms with E-state index in [1.165, 1.54) is 20.2 Å². The zero-order valence-corrected chi connectivity index (χ0v) is 15.4. The Morgan fingerprint density at radius 3 is 2.33 bits per heavy atom. The van der Waals surface area contributed by atoms with E-state index in [0.717, 1.165) is 15.3 Å². The van der Waals surface area contributed by atoms with Gasteiger partial charge in [-0.3, -0.25) is 9.36 Å². The Morgan fingerprint density at radius 2 is 1.75 bits per heavy atom. The number of hydrogen-bond donors (Lipinski definition) is 1. The van der Waals surface area contributed by atoms with Crippen LogP contribution >= 0.6 is 23.2 Å². The van der Waals surface area contributed by atoms with E-state index in [-0.39, 0.29) is 0 Å². The van der Waals surface area contributed by atoms with E-state index in [1.54, 1.807) is 19.1 Å². The van der Waals surface area contributed by atoms with Gasteiger partial charge in [0.05, 0.1) is 10.0 Å². The number of rotatable bonds is 4. The first-order chi connectivity index (χ1) is 11.0. The Morgan fingerprint density at radius 1 is 1.12 bits per heavy atom. The summed E-state index contributed by atoms with van der Waals surface area (Å²) in [6, 6.07) is 4.05. The Hall–Kier alpha value is -1.61. The third kappa shape index (κ3) is 3.56. The van der Waals surface area contributed by atoms with Crippen LogP contribution in [0, 0.1) is 0 Å². The molecule has 24 heavy (non-hydrogen) atoms. The average Bonchev–Trinajstić information content (AvgIpc) is 2.50. The third-order valence-corrected chi connectivity index (χ3v) is 5.74. The molecule has 1 aromatic heterocycles. The smallest absolute Gasteiger partial charge is 0.302 e. The molecular formula is C14H15Cl2N3O4S. The molecule has 0 aliphatic carbocycles. The van der Waals surface area contributed by atoms with E-state index >= 15 is 0 Å². The van der Waals surface area contributed by atoms with E-state index in [4.69, 9.17) is 23.2 Å². The van der Waals surface area contributed by atoms with Gasteiger partial charge in [0.2, 0.25) is 10.0 Å². The Kier molecular flexibility index (Phi) is 5.24. The maximum Gasteiger partial charge on any atom is 0.330 e. The molecule has 0 bridgehead atoms. The number of hydrogen-bond acceptors (Lipinski definition) is 4. The molecule has 0 spiro atoms. The second-order valence-electron chi connectivity index (χ2n) is 5.27. The second kappa shape index (κ2) is 6.72. The highest BCUT2D eigenvalue weighted by Gasteiger charge is 2.24. The summed E-state index contributed by atoms with van der Waals surface area (Å²) in [5.41, 5.74) is -0.932. The van der Waals surface area contributed by atoms with Crippen molar-refractivity contribution in [3.05, 3.63) is 60.8 Å². The highest BCUT2D eigenvalue weighted by molar-refractivity contribution is 7.89. The van der Waals surface area contributed by atoms with Gasteiger partial charge < -0.3 is 4.57 Å². The lowest BCUT2D eigenvalue weighted by atomic mass is 10.1. The SMILES string of the molecule is C[C@@H](NS(=O)(=O)c1cn(C)c(=O)n(C)c1=O)c1ccc(Cl)c(Cl)c1.